The van der Waals surface area contributed by atoms with E-state index in [9.17, 15) is 9.59 Å². The molecule has 0 heterocycles. The first kappa shape index (κ1) is 20.8. The Morgan fingerprint density at radius 3 is 1.69 bits per heavy atom. The molecule has 0 saturated heterocycles. The molecule has 0 atom stereocenters. The molecule has 0 spiro atoms. The first-order valence-electron chi connectivity index (χ1n) is 8.95. The van der Waals surface area contributed by atoms with E-state index in [1.807, 2.05) is 30.3 Å². The van der Waals surface area contributed by atoms with Crippen molar-refractivity contribution in [3.05, 3.63) is 111 Å². The summed E-state index contributed by atoms with van der Waals surface area (Å²) in [7, 11) is 0. The normalized spacial score (nSPS) is 10.3. The van der Waals surface area contributed by atoms with Gasteiger partial charge in [-0.15, -0.1) is 0 Å². The molecule has 0 aromatic heterocycles. The molecule has 0 fully saturated rings. The van der Waals surface area contributed by atoms with E-state index < -0.39 is 5.97 Å². The van der Waals surface area contributed by atoms with Crippen LogP contribution in [-0.2, 0) is 20.7 Å². The Hall–Kier alpha value is -2.88. The second-order valence-corrected chi connectivity index (χ2v) is 7.27. The Bertz CT molecular complexity index is 990. The summed E-state index contributed by atoms with van der Waals surface area (Å²) in [5, 5.41) is 1.13. The van der Waals surface area contributed by atoms with Crippen LogP contribution in [0.25, 0.3) is 5.57 Å². The molecule has 0 bridgehead atoms. The molecule has 5 heteroatoms. The lowest BCUT2D eigenvalue weighted by Crippen LogP contribution is -2.15. The van der Waals surface area contributed by atoms with Gasteiger partial charge in [0.1, 0.15) is 0 Å². The van der Waals surface area contributed by atoms with Gasteiger partial charge < -0.3 is 4.74 Å². The summed E-state index contributed by atoms with van der Waals surface area (Å²) in [5.74, 6) is -0.876. The van der Waals surface area contributed by atoms with Crippen molar-refractivity contribution in [3.8, 4) is 0 Å². The summed E-state index contributed by atoms with van der Waals surface area (Å²) < 4.78 is 5.44. The predicted molar refractivity (Wildman–Crippen MR) is 116 cm³/mol. The maximum atomic E-state index is 13.2. The van der Waals surface area contributed by atoms with Crippen molar-refractivity contribution in [3.63, 3.8) is 0 Å². The Labute approximate surface area is 179 Å². The van der Waals surface area contributed by atoms with E-state index in [1.54, 1.807) is 48.5 Å². The third kappa shape index (κ3) is 5.57. The number of allylic oxidation sites excluding steroid dienone is 1. The fraction of sp³-hybridized carbons (Fsp3) is 0.0833. The maximum Gasteiger partial charge on any atom is 0.308 e. The Morgan fingerprint density at radius 1 is 0.759 bits per heavy atom. The molecular formula is C24H18Cl2O3. The van der Waals surface area contributed by atoms with E-state index in [-0.39, 0.29) is 18.0 Å². The number of hydrogen-bond donors (Lipinski definition) is 0. The van der Waals surface area contributed by atoms with Crippen LogP contribution in [-0.4, -0.2) is 11.8 Å². The van der Waals surface area contributed by atoms with Crippen LogP contribution in [0.2, 0.25) is 10.0 Å². The highest BCUT2D eigenvalue weighted by atomic mass is 35.5. The number of esters is 1. The monoisotopic (exact) mass is 424 g/mol. The molecule has 3 nitrogen and oxygen atoms in total. The standard InChI is InChI=1S/C24H18Cl2O3/c1-16(27)29-24(22(28)15-17-5-3-2-4-6-17)23(18-7-11-20(25)12-8-18)19-9-13-21(26)14-10-19/h2-14H,15H2,1H3. The van der Waals surface area contributed by atoms with Gasteiger partial charge in [-0.25, -0.2) is 0 Å². The first-order chi connectivity index (χ1) is 13.9. The fourth-order valence-electron chi connectivity index (χ4n) is 2.91. The molecule has 0 unspecified atom stereocenters. The second kappa shape index (κ2) is 9.55. The summed E-state index contributed by atoms with van der Waals surface area (Å²) in [5.41, 5.74) is 2.74. The van der Waals surface area contributed by atoms with E-state index >= 15 is 0 Å². The van der Waals surface area contributed by atoms with E-state index in [0.29, 0.717) is 26.7 Å². The van der Waals surface area contributed by atoms with Crippen molar-refractivity contribution in [1.29, 1.82) is 0 Å². The molecule has 29 heavy (non-hydrogen) atoms. The average molecular weight is 425 g/mol. The number of hydrogen-bond acceptors (Lipinski definition) is 3. The van der Waals surface area contributed by atoms with Gasteiger partial charge in [0.25, 0.3) is 0 Å². The molecule has 0 amide bonds. The van der Waals surface area contributed by atoms with Crippen molar-refractivity contribution < 1.29 is 14.3 Å². The van der Waals surface area contributed by atoms with Crippen molar-refractivity contribution in [1.82, 2.24) is 0 Å². The number of Topliss-reactive ketones (excluding diaryl/α,β-unsaturated/α-hetero) is 1. The highest BCUT2D eigenvalue weighted by Crippen LogP contribution is 2.30. The average Bonchev–Trinajstić information content (AvgIpc) is 2.70. The highest BCUT2D eigenvalue weighted by molar-refractivity contribution is 6.31. The zero-order valence-electron chi connectivity index (χ0n) is 15.7. The summed E-state index contributed by atoms with van der Waals surface area (Å²) in [4.78, 5) is 25.0. The van der Waals surface area contributed by atoms with Gasteiger partial charge in [0, 0.05) is 29.0 Å². The van der Waals surface area contributed by atoms with Crippen LogP contribution in [0.4, 0.5) is 0 Å². The summed E-state index contributed by atoms with van der Waals surface area (Å²) >= 11 is 12.1. The zero-order valence-corrected chi connectivity index (χ0v) is 17.2. The third-order valence-corrected chi connectivity index (χ3v) is 4.70. The van der Waals surface area contributed by atoms with Gasteiger partial charge in [-0.2, -0.15) is 0 Å². The molecule has 0 radical (unpaired) electrons. The number of carbonyl (C=O) groups excluding carboxylic acids is 2. The molecule has 3 aromatic rings. The molecule has 3 rings (SSSR count). The van der Waals surface area contributed by atoms with Gasteiger partial charge in [-0.1, -0.05) is 77.8 Å². The molecule has 0 aliphatic carbocycles. The predicted octanol–water partition coefficient (Wildman–Crippen LogP) is 6.13. The van der Waals surface area contributed by atoms with Gasteiger partial charge in [-0.05, 0) is 41.0 Å². The van der Waals surface area contributed by atoms with Gasteiger partial charge in [0.2, 0.25) is 5.78 Å². The minimum absolute atomic E-state index is 0.00834. The highest BCUT2D eigenvalue weighted by Gasteiger charge is 2.22. The number of halogens is 2. The van der Waals surface area contributed by atoms with Crippen molar-refractivity contribution >= 4 is 40.5 Å². The summed E-state index contributed by atoms with van der Waals surface area (Å²) in [6.07, 6.45) is 0.105. The largest absolute Gasteiger partial charge is 0.422 e. The van der Waals surface area contributed by atoms with Crippen LogP contribution < -0.4 is 0 Å². The van der Waals surface area contributed by atoms with E-state index in [2.05, 4.69) is 0 Å². The number of rotatable bonds is 6. The molecule has 0 N–H and O–H groups in total. The van der Waals surface area contributed by atoms with E-state index in [4.69, 9.17) is 27.9 Å². The minimum atomic E-state index is -0.568. The number of carbonyl (C=O) groups is 2. The zero-order chi connectivity index (χ0) is 20.8. The Morgan fingerprint density at radius 2 is 1.24 bits per heavy atom. The van der Waals surface area contributed by atoms with Crippen LogP contribution in [0.15, 0.2) is 84.6 Å². The molecular weight excluding hydrogens is 407 g/mol. The second-order valence-electron chi connectivity index (χ2n) is 6.40. The Kier molecular flexibility index (Phi) is 6.86. The Balaban J connectivity index is 2.17. The fourth-order valence-corrected chi connectivity index (χ4v) is 3.17. The SMILES string of the molecule is CC(=O)OC(C(=O)Cc1ccccc1)=C(c1ccc(Cl)cc1)c1ccc(Cl)cc1. The quantitative estimate of drug-likeness (QED) is 0.271. The molecule has 3 aromatic carbocycles. The van der Waals surface area contributed by atoms with Crippen LogP contribution in [0, 0.1) is 0 Å². The number of ether oxygens (including phenoxy) is 1. The number of ketones is 1. The van der Waals surface area contributed by atoms with Crippen molar-refractivity contribution in [2.75, 3.05) is 0 Å². The third-order valence-electron chi connectivity index (χ3n) is 4.20. The van der Waals surface area contributed by atoms with Crippen LogP contribution in [0.5, 0.6) is 0 Å². The van der Waals surface area contributed by atoms with Crippen LogP contribution in [0.1, 0.15) is 23.6 Å². The lowest BCUT2D eigenvalue weighted by atomic mass is 9.94. The van der Waals surface area contributed by atoms with Gasteiger partial charge >= 0.3 is 5.97 Å². The smallest absolute Gasteiger partial charge is 0.308 e. The van der Waals surface area contributed by atoms with Crippen LogP contribution in [0.3, 0.4) is 0 Å². The minimum Gasteiger partial charge on any atom is -0.422 e. The summed E-state index contributed by atoms with van der Waals surface area (Å²) in [6, 6.07) is 23.3. The number of benzene rings is 3. The van der Waals surface area contributed by atoms with Gasteiger partial charge in [-0.3, -0.25) is 9.59 Å². The first-order valence-corrected chi connectivity index (χ1v) is 9.71. The molecule has 0 saturated carbocycles. The molecule has 146 valence electrons. The van der Waals surface area contributed by atoms with Gasteiger partial charge in [0.15, 0.2) is 5.76 Å². The van der Waals surface area contributed by atoms with Crippen molar-refractivity contribution in [2.45, 2.75) is 13.3 Å². The lowest BCUT2D eigenvalue weighted by molar-refractivity contribution is -0.140. The molecule has 0 aliphatic rings. The van der Waals surface area contributed by atoms with E-state index in [0.717, 1.165) is 5.56 Å². The van der Waals surface area contributed by atoms with Crippen LogP contribution >= 0.6 is 23.2 Å². The maximum absolute atomic E-state index is 13.2. The lowest BCUT2D eigenvalue weighted by Gasteiger charge is -2.15. The van der Waals surface area contributed by atoms with Gasteiger partial charge in [0.05, 0.1) is 0 Å². The topological polar surface area (TPSA) is 43.4 Å². The van der Waals surface area contributed by atoms with Crippen molar-refractivity contribution in [2.24, 2.45) is 0 Å². The van der Waals surface area contributed by atoms with E-state index in [1.165, 1.54) is 6.92 Å². The summed E-state index contributed by atoms with van der Waals surface area (Å²) in [6.45, 7) is 1.27. The molecule has 0 aliphatic heterocycles.